The Labute approximate surface area is 236 Å². The van der Waals surface area contributed by atoms with Crippen LogP contribution >= 0.6 is 0 Å². The second-order valence-electron chi connectivity index (χ2n) is 10.3. The Morgan fingerprint density at radius 3 is 2.35 bits per heavy atom. The average Bonchev–Trinajstić information content (AvgIpc) is 3.00. The van der Waals surface area contributed by atoms with Crippen molar-refractivity contribution in [1.82, 2.24) is 4.90 Å². The number of likely N-dealkylation sites (tertiary alicyclic amines) is 1. The van der Waals surface area contributed by atoms with E-state index in [0.29, 0.717) is 39.5 Å². The summed E-state index contributed by atoms with van der Waals surface area (Å²) in [6, 6.07) is 33.0. The van der Waals surface area contributed by atoms with Crippen molar-refractivity contribution in [3.05, 3.63) is 114 Å². The third-order valence-electron chi connectivity index (χ3n) is 7.48. The minimum atomic E-state index is -0.896. The monoisotopic (exact) mass is 539 g/mol. The van der Waals surface area contributed by atoms with Crippen molar-refractivity contribution in [2.24, 2.45) is 0 Å². The highest BCUT2D eigenvalue weighted by atomic mass is 16.5. The molecule has 4 aromatic rings. The zero-order chi connectivity index (χ0) is 27.6. The number of piperidine rings is 1. The van der Waals surface area contributed by atoms with E-state index < -0.39 is 6.09 Å². The number of benzene rings is 4. The molecular formula is C34H37NO5. The maximum atomic E-state index is 11.7. The lowest BCUT2D eigenvalue weighted by molar-refractivity contribution is -0.0199. The first kappa shape index (κ1) is 27.7. The van der Waals surface area contributed by atoms with Crippen molar-refractivity contribution in [3.63, 3.8) is 0 Å². The summed E-state index contributed by atoms with van der Waals surface area (Å²) in [5.41, 5.74) is 3.42. The van der Waals surface area contributed by atoms with Gasteiger partial charge in [0.15, 0.2) is 0 Å². The normalized spacial score (nSPS) is 17.1. The molecule has 5 rings (SSSR count). The summed E-state index contributed by atoms with van der Waals surface area (Å²) in [5, 5.41) is 12.0. The number of carbonyl (C=O) groups is 1. The number of carboxylic acid groups (broad SMARTS) is 1. The number of amides is 1. The van der Waals surface area contributed by atoms with Gasteiger partial charge in [-0.25, -0.2) is 4.79 Å². The minimum Gasteiger partial charge on any atom is -0.494 e. The van der Waals surface area contributed by atoms with Gasteiger partial charge in [-0.1, -0.05) is 78.9 Å². The van der Waals surface area contributed by atoms with Crippen LogP contribution in [0.5, 0.6) is 5.75 Å². The number of fused-ring (bicyclic) bond motifs is 1. The lowest BCUT2D eigenvalue weighted by atomic mass is 9.87. The van der Waals surface area contributed by atoms with Gasteiger partial charge in [0.25, 0.3) is 0 Å². The maximum Gasteiger partial charge on any atom is 0.407 e. The zero-order valence-corrected chi connectivity index (χ0v) is 22.8. The quantitative estimate of drug-likeness (QED) is 0.192. The van der Waals surface area contributed by atoms with Gasteiger partial charge in [-0.2, -0.15) is 0 Å². The first-order chi connectivity index (χ1) is 19.7. The highest BCUT2D eigenvalue weighted by Gasteiger charge is 2.33. The Balaban J connectivity index is 1.11. The van der Waals surface area contributed by atoms with Crippen LogP contribution < -0.4 is 4.74 Å². The van der Waals surface area contributed by atoms with E-state index in [9.17, 15) is 9.90 Å². The average molecular weight is 540 g/mol. The molecule has 6 nitrogen and oxygen atoms in total. The SMILES string of the molecule is O=C(O)N1CCC(c2ccc(OCCCCOCc3ccccc3)cc2)C(OCc2ccc3ccccc3c2)C1. The van der Waals surface area contributed by atoms with Crippen LogP contribution in [0.15, 0.2) is 97.1 Å². The number of ether oxygens (including phenoxy) is 3. The fourth-order valence-electron chi connectivity index (χ4n) is 5.24. The second-order valence-corrected chi connectivity index (χ2v) is 10.3. The molecule has 0 radical (unpaired) electrons. The van der Waals surface area contributed by atoms with Gasteiger partial charge in [0, 0.05) is 19.1 Å². The molecule has 0 aromatic heterocycles. The Kier molecular flexibility index (Phi) is 9.67. The second kappa shape index (κ2) is 14.0. The highest BCUT2D eigenvalue weighted by molar-refractivity contribution is 5.82. The fraction of sp³-hybridized carbons (Fsp3) is 0.324. The van der Waals surface area contributed by atoms with E-state index in [-0.39, 0.29) is 12.0 Å². The summed E-state index contributed by atoms with van der Waals surface area (Å²) in [4.78, 5) is 13.2. The number of nitrogens with zero attached hydrogens (tertiary/aromatic N) is 1. The Bertz CT molecular complexity index is 1360. The molecule has 0 spiro atoms. The molecular weight excluding hydrogens is 502 g/mol. The van der Waals surface area contributed by atoms with E-state index >= 15 is 0 Å². The van der Waals surface area contributed by atoms with Crippen LogP contribution in [0.1, 0.15) is 41.9 Å². The Hall–Kier alpha value is -3.87. The summed E-state index contributed by atoms with van der Waals surface area (Å²) in [7, 11) is 0. The molecule has 6 heteroatoms. The summed E-state index contributed by atoms with van der Waals surface area (Å²) in [5.74, 6) is 0.956. The van der Waals surface area contributed by atoms with Crippen molar-refractivity contribution >= 4 is 16.9 Å². The molecule has 0 aliphatic carbocycles. The topological polar surface area (TPSA) is 68.2 Å². The number of rotatable bonds is 12. The number of hydrogen-bond acceptors (Lipinski definition) is 4. The molecule has 0 bridgehead atoms. The maximum absolute atomic E-state index is 11.7. The van der Waals surface area contributed by atoms with E-state index in [1.807, 2.05) is 42.5 Å². The van der Waals surface area contributed by atoms with E-state index in [2.05, 4.69) is 54.6 Å². The standard InChI is InChI=1S/C34H37NO5/c36-34(37)35-19-18-32(33(23-35)40-25-27-12-13-28-10-4-5-11-30(28)22-27)29-14-16-31(17-15-29)39-21-7-6-20-38-24-26-8-2-1-3-9-26/h1-5,8-17,22,32-33H,6-7,18-21,23-25H2,(H,36,37). The van der Waals surface area contributed by atoms with E-state index in [0.717, 1.165) is 36.1 Å². The van der Waals surface area contributed by atoms with Gasteiger partial charge in [0.2, 0.25) is 0 Å². The Morgan fingerprint density at radius 2 is 1.55 bits per heavy atom. The van der Waals surface area contributed by atoms with Gasteiger partial charge in [0.05, 0.1) is 32.5 Å². The van der Waals surface area contributed by atoms with Crippen molar-refractivity contribution in [2.75, 3.05) is 26.3 Å². The third kappa shape index (κ3) is 7.62. The van der Waals surface area contributed by atoms with Gasteiger partial charge in [0.1, 0.15) is 5.75 Å². The van der Waals surface area contributed by atoms with E-state index in [1.54, 1.807) is 0 Å². The summed E-state index contributed by atoms with van der Waals surface area (Å²) < 4.78 is 18.1. The molecule has 1 N–H and O–H groups in total. The molecule has 1 aliphatic heterocycles. The Morgan fingerprint density at radius 1 is 0.800 bits per heavy atom. The number of hydrogen-bond donors (Lipinski definition) is 1. The van der Waals surface area contributed by atoms with Crippen LogP contribution in [0.3, 0.4) is 0 Å². The van der Waals surface area contributed by atoms with Crippen LogP contribution in [-0.4, -0.2) is 48.5 Å². The lowest BCUT2D eigenvalue weighted by Gasteiger charge is -2.37. The molecule has 0 saturated carbocycles. The first-order valence-corrected chi connectivity index (χ1v) is 14.1. The molecule has 1 heterocycles. The first-order valence-electron chi connectivity index (χ1n) is 14.1. The van der Waals surface area contributed by atoms with E-state index in [1.165, 1.54) is 21.2 Å². The lowest BCUT2D eigenvalue weighted by Crippen LogP contribution is -2.46. The van der Waals surface area contributed by atoms with Crippen molar-refractivity contribution in [2.45, 2.75) is 44.5 Å². The van der Waals surface area contributed by atoms with Gasteiger partial charge >= 0.3 is 6.09 Å². The molecule has 40 heavy (non-hydrogen) atoms. The van der Waals surface area contributed by atoms with Crippen LogP contribution in [-0.2, 0) is 22.7 Å². The van der Waals surface area contributed by atoms with Crippen molar-refractivity contribution in [1.29, 1.82) is 0 Å². The molecule has 2 unspecified atom stereocenters. The van der Waals surface area contributed by atoms with Crippen molar-refractivity contribution < 1.29 is 24.1 Å². The molecule has 1 aliphatic rings. The summed E-state index contributed by atoms with van der Waals surface area (Å²) in [6.07, 6.45) is 1.47. The number of unbranched alkanes of at least 4 members (excludes halogenated alkanes) is 1. The van der Waals surface area contributed by atoms with Gasteiger partial charge in [-0.05, 0) is 64.9 Å². The third-order valence-corrected chi connectivity index (χ3v) is 7.48. The summed E-state index contributed by atoms with van der Waals surface area (Å²) >= 11 is 0. The molecule has 1 saturated heterocycles. The smallest absolute Gasteiger partial charge is 0.407 e. The fourth-order valence-corrected chi connectivity index (χ4v) is 5.24. The van der Waals surface area contributed by atoms with Crippen molar-refractivity contribution in [3.8, 4) is 5.75 Å². The minimum absolute atomic E-state index is 0.117. The predicted molar refractivity (Wildman–Crippen MR) is 157 cm³/mol. The van der Waals surface area contributed by atoms with E-state index in [4.69, 9.17) is 14.2 Å². The highest BCUT2D eigenvalue weighted by Crippen LogP contribution is 2.32. The zero-order valence-electron chi connectivity index (χ0n) is 22.8. The van der Waals surface area contributed by atoms with Crippen LogP contribution in [0.25, 0.3) is 10.8 Å². The van der Waals surface area contributed by atoms with Crippen LogP contribution in [0, 0.1) is 0 Å². The molecule has 1 amide bonds. The van der Waals surface area contributed by atoms with Gasteiger partial charge in [-0.15, -0.1) is 0 Å². The predicted octanol–water partition coefficient (Wildman–Crippen LogP) is 7.27. The van der Waals surface area contributed by atoms with Gasteiger partial charge < -0.3 is 24.2 Å². The molecule has 2 atom stereocenters. The molecule has 4 aromatic carbocycles. The van der Waals surface area contributed by atoms with Crippen LogP contribution in [0.4, 0.5) is 4.79 Å². The molecule has 1 fully saturated rings. The largest absolute Gasteiger partial charge is 0.494 e. The summed E-state index contributed by atoms with van der Waals surface area (Å²) in [6.45, 7) is 3.30. The van der Waals surface area contributed by atoms with Gasteiger partial charge in [-0.3, -0.25) is 0 Å². The molecule has 208 valence electrons. The van der Waals surface area contributed by atoms with Crippen LogP contribution in [0.2, 0.25) is 0 Å².